The zero-order chi connectivity index (χ0) is 14.4. The second-order valence-corrected chi connectivity index (χ2v) is 4.50. The van der Waals surface area contributed by atoms with Gasteiger partial charge in [0.15, 0.2) is 0 Å². The SMILES string of the molecule is CCN(C(=Nc1ccccc1)NN)c1ccc(C)cc1. The summed E-state index contributed by atoms with van der Waals surface area (Å²) in [6, 6.07) is 18.0. The van der Waals surface area contributed by atoms with Crippen molar-refractivity contribution in [2.45, 2.75) is 13.8 Å². The molecule has 0 saturated carbocycles. The molecule has 4 nitrogen and oxygen atoms in total. The summed E-state index contributed by atoms with van der Waals surface area (Å²) in [5.74, 6) is 6.27. The highest BCUT2D eigenvalue weighted by molar-refractivity contribution is 5.97. The fourth-order valence-electron chi connectivity index (χ4n) is 1.97. The average Bonchev–Trinajstić information content (AvgIpc) is 2.49. The van der Waals surface area contributed by atoms with Crippen LogP contribution in [0.4, 0.5) is 11.4 Å². The summed E-state index contributed by atoms with van der Waals surface area (Å²) in [6.07, 6.45) is 0. The van der Waals surface area contributed by atoms with Gasteiger partial charge in [0.25, 0.3) is 0 Å². The van der Waals surface area contributed by atoms with Gasteiger partial charge in [-0.05, 0) is 38.1 Å². The van der Waals surface area contributed by atoms with Gasteiger partial charge in [-0.2, -0.15) is 0 Å². The maximum absolute atomic E-state index is 5.64. The number of nitrogens with one attached hydrogen (secondary N) is 1. The van der Waals surface area contributed by atoms with E-state index in [9.17, 15) is 0 Å². The quantitative estimate of drug-likeness (QED) is 0.389. The maximum atomic E-state index is 5.64. The first-order valence-corrected chi connectivity index (χ1v) is 6.69. The van der Waals surface area contributed by atoms with Crippen LogP contribution in [0.3, 0.4) is 0 Å². The van der Waals surface area contributed by atoms with Gasteiger partial charge in [0, 0.05) is 12.2 Å². The topological polar surface area (TPSA) is 53.6 Å². The van der Waals surface area contributed by atoms with Crippen molar-refractivity contribution in [3.8, 4) is 0 Å². The van der Waals surface area contributed by atoms with E-state index in [1.54, 1.807) is 0 Å². The molecule has 0 fully saturated rings. The Morgan fingerprint density at radius 1 is 1.10 bits per heavy atom. The van der Waals surface area contributed by atoms with Crippen LogP contribution in [0.15, 0.2) is 59.6 Å². The molecule has 0 heterocycles. The van der Waals surface area contributed by atoms with E-state index in [-0.39, 0.29) is 0 Å². The van der Waals surface area contributed by atoms with E-state index in [1.165, 1.54) is 5.56 Å². The molecule has 4 heteroatoms. The van der Waals surface area contributed by atoms with Gasteiger partial charge in [-0.25, -0.2) is 10.8 Å². The van der Waals surface area contributed by atoms with Crippen LogP contribution in [0, 0.1) is 6.92 Å². The van der Waals surface area contributed by atoms with Crippen LogP contribution >= 0.6 is 0 Å². The molecule has 0 radical (unpaired) electrons. The van der Waals surface area contributed by atoms with Crippen molar-refractivity contribution in [3.63, 3.8) is 0 Å². The number of hydrogen-bond donors (Lipinski definition) is 2. The van der Waals surface area contributed by atoms with E-state index in [0.29, 0.717) is 5.96 Å². The monoisotopic (exact) mass is 268 g/mol. The molecule has 2 aromatic rings. The van der Waals surface area contributed by atoms with Gasteiger partial charge in [0.05, 0.1) is 5.69 Å². The lowest BCUT2D eigenvalue weighted by molar-refractivity contribution is 0.934. The summed E-state index contributed by atoms with van der Waals surface area (Å²) < 4.78 is 0. The number of guanidine groups is 1. The Bertz CT molecular complexity index is 561. The zero-order valence-electron chi connectivity index (χ0n) is 11.9. The normalized spacial score (nSPS) is 11.2. The van der Waals surface area contributed by atoms with Crippen LogP contribution in [0.1, 0.15) is 12.5 Å². The zero-order valence-corrected chi connectivity index (χ0v) is 11.9. The van der Waals surface area contributed by atoms with Crippen LogP contribution in [0.5, 0.6) is 0 Å². The Kier molecular flexibility index (Phi) is 4.74. The van der Waals surface area contributed by atoms with Gasteiger partial charge in [-0.1, -0.05) is 35.9 Å². The first-order chi connectivity index (χ1) is 9.74. The number of benzene rings is 2. The van der Waals surface area contributed by atoms with E-state index in [1.807, 2.05) is 35.2 Å². The van der Waals surface area contributed by atoms with E-state index in [0.717, 1.165) is 17.9 Å². The molecular formula is C16H20N4. The number of aliphatic imine (C=N–C) groups is 1. The fraction of sp³-hybridized carbons (Fsp3) is 0.188. The molecule has 0 saturated heterocycles. The molecule has 2 rings (SSSR count). The van der Waals surface area contributed by atoms with E-state index < -0.39 is 0 Å². The van der Waals surface area contributed by atoms with Gasteiger partial charge in [-0.3, -0.25) is 5.43 Å². The lowest BCUT2D eigenvalue weighted by Gasteiger charge is -2.24. The van der Waals surface area contributed by atoms with Gasteiger partial charge in [-0.15, -0.1) is 0 Å². The Hall–Kier alpha value is -2.33. The van der Waals surface area contributed by atoms with Crippen molar-refractivity contribution in [1.82, 2.24) is 5.43 Å². The Morgan fingerprint density at radius 2 is 1.75 bits per heavy atom. The van der Waals surface area contributed by atoms with Crippen LogP contribution in [-0.2, 0) is 0 Å². The minimum atomic E-state index is 0.627. The number of nitrogens with two attached hydrogens (primary N) is 1. The third-order valence-corrected chi connectivity index (χ3v) is 3.04. The fourth-order valence-corrected chi connectivity index (χ4v) is 1.97. The van der Waals surface area contributed by atoms with Gasteiger partial charge in [0.1, 0.15) is 0 Å². The molecule has 104 valence electrons. The molecule has 0 aliphatic carbocycles. The van der Waals surface area contributed by atoms with Crippen molar-refractivity contribution in [2.75, 3.05) is 11.4 Å². The molecule has 0 amide bonds. The highest BCUT2D eigenvalue weighted by atomic mass is 15.4. The van der Waals surface area contributed by atoms with Crippen LogP contribution < -0.4 is 16.2 Å². The molecule has 2 aromatic carbocycles. The number of para-hydroxylation sites is 1. The number of rotatable bonds is 3. The molecule has 3 N–H and O–H groups in total. The summed E-state index contributed by atoms with van der Waals surface area (Å²) in [7, 11) is 0. The number of anilines is 1. The van der Waals surface area contributed by atoms with E-state index in [2.05, 4.69) is 48.5 Å². The van der Waals surface area contributed by atoms with Crippen LogP contribution in [0.2, 0.25) is 0 Å². The highest BCUT2D eigenvalue weighted by Crippen LogP contribution is 2.17. The summed E-state index contributed by atoms with van der Waals surface area (Å²) in [5, 5.41) is 0. The molecule has 0 unspecified atom stereocenters. The van der Waals surface area contributed by atoms with Gasteiger partial charge < -0.3 is 4.90 Å². The van der Waals surface area contributed by atoms with Crippen LogP contribution in [-0.4, -0.2) is 12.5 Å². The summed E-state index contributed by atoms with van der Waals surface area (Å²) >= 11 is 0. The van der Waals surface area contributed by atoms with E-state index >= 15 is 0 Å². The molecule has 0 spiro atoms. The second-order valence-electron chi connectivity index (χ2n) is 4.50. The van der Waals surface area contributed by atoms with Crippen molar-refractivity contribution in [3.05, 3.63) is 60.2 Å². The van der Waals surface area contributed by atoms with Crippen molar-refractivity contribution in [1.29, 1.82) is 0 Å². The summed E-state index contributed by atoms with van der Waals surface area (Å²) in [6.45, 7) is 4.91. The minimum absolute atomic E-state index is 0.627. The molecular weight excluding hydrogens is 248 g/mol. The maximum Gasteiger partial charge on any atom is 0.218 e. The first-order valence-electron chi connectivity index (χ1n) is 6.69. The third kappa shape index (κ3) is 3.36. The lowest BCUT2D eigenvalue weighted by Crippen LogP contribution is -2.44. The number of aryl methyl sites for hydroxylation is 1. The second kappa shape index (κ2) is 6.73. The minimum Gasteiger partial charge on any atom is -0.312 e. The summed E-state index contributed by atoms with van der Waals surface area (Å²) in [4.78, 5) is 6.59. The van der Waals surface area contributed by atoms with Gasteiger partial charge >= 0.3 is 0 Å². The Labute approximate surface area is 119 Å². The molecule has 0 atom stereocenters. The summed E-state index contributed by atoms with van der Waals surface area (Å²) in [5.41, 5.74) is 5.85. The predicted molar refractivity (Wildman–Crippen MR) is 85.1 cm³/mol. The smallest absolute Gasteiger partial charge is 0.218 e. The van der Waals surface area contributed by atoms with Crippen molar-refractivity contribution in [2.24, 2.45) is 10.8 Å². The molecule has 0 aromatic heterocycles. The van der Waals surface area contributed by atoms with Crippen molar-refractivity contribution >= 4 is 17.3 Å². The molecule has 0 aliphatic heterocycles. The van der Waals surface area contributed by atoms with E-state index in [4.69, 9.17) is 5.84 Å². The first kappa shape index (κ1) is 14.1. The third-order valence-electron chi connectivity index (χ3n) is 3.04. The standard InChI is InChI=1S/C16H20N4/c1-3-20(15-11-9-13(2)10-12-15)16(19-17)18-14-7-5-4-6-8-14/h4-12H,3,17H2,1-2H3,(H,18,19). The highest BCUT2D eigenvalue weighted by Gasteiger charge is 2.10. The predicted octanol–water partition coefficient (Wildman–Crippen LogP) is 2.97. The molecule has 20 heavy (non-hydrogen) atoms. The Morgan fingerprint density at radius 3 is 2.30 bits per heavy atom. The van der Waals surface area contributed by atoms with Crippen LogP contribution in [0.25, 0.3) is 0 Å². The molecule has 0 bridgehead atoms. The number of nitrogens with zero attached hydrogens (tertiary/aromatic N) is 2. The Balaban J connectivity index is 2.32. The van der Waals surface area contributed by atoms with Crippen molar-refractivity contribution < 1.29 is 0 Å². The number of hydrazine groups is 1. The molecule has 0 aliphatic rings. The largest absolute Gasteiger partial charge is 0.312 e. The average molecular weight is 268 g/mol. The number of hydrogen-bond acceptors (Lipinski definition) is 2. The van der Waals surface area contributed by atoms with Gasteiger partial charge in [0.2, 0.25) is 5.96 Å². The lowest BCUT2D eigenvalue weighted by atomic mass is 10.2.